The van der Waals surface area contributed by atoms with Gasteiger partial charge < -0.3 is 15.2 Å². The Bertz CT molecular complexity index is 402. The maximum absolute atomic E-state index is 13.0. The number of aliphatic hydroxyl groups excluding tert-OH is 1. The van der Waals surface area contributed by atoms with E-state index < -0.39 is 17.7 Å². The van der Waals surface area contributed by atoms with Gasteiger partial charge in [0.05, 0.1) is 12.7 Å². The molecule has 0 aromatic heterocycles. The minimum absolute atomic E-state index is 0.289. The van der Waals surface area contributed by atoms with Crippen LogP contribution >= 0.6 is 0 Å². The van der Waals surface area contributed by atoms with Crippen molar-refractivity contribution in [1.29, 1.82) is 0 Å². The van der Waals surface area contributed by atoms with Crippen molar-refractivity contribution in [2.24, 2.45) is 0 Å². The molecule has 21 heavy (non-hydrogen) atoms. The van der Waals surface area contributed by atoms with E-state index >= 15 is 0 Å². The average molecular weight is 301 g/mol. The molecule has 0 saturated heterocycles. The van der Waals surface area contributed by atoms with Gasteiger partial charge in [0.2, 0.25) is 0 Å². The van der Waals surface area contributed by atoms with E-state index in [9.17, 15) is 13.9 Å². The van der Waals surface area contributed by atoms with Gasteiger partial charge >= 0.3 is 0 Å². The van der Waals surface area contributed by atoms with Gasteiger partial charge in [-0.3, -0.25) is 0 Å². The summed E-state index contributed by atoms with van der Waals surface area (Å²) in [5.41, 5.74) is 0.640. The lowest BCUT2D eigenvalue weighted by Gasteiger charge is -2.12. The van der Waals surface area contributed by atoms with Crippen LogP contribution in [0.25, 0.3) is 0 Å². The minimum Gasteiger partial charge on any atom is -0.389 e. The standard InChI is InChI=1S/C16H25F2NO2/c1-2-3-4-5-8-21-12-14(20)11-19-10-13-6-7-15(17)16(18)9-13/h6-7,9,14,19-20H,2-5,8,10-12H2,1H3. The van der Waals surface area contributed by atoms with Crippen LogP contribution in [-0.4, -0.2) is 31.0 Å². The molecule has 0 fully saturated rings. The second kappa shape index (κ2) is 10.7. The molecule has 1 aromatic rings. The van der Waals surface area contributed by atoms with Crippen molar-refractivity contribution >= 4 is 0 Å². The summed E-state index contributed by atoms with van der Waals surface area (Å²) in [4.78, 5) is 0. The largest absolute Gasteiger partial charge is 0.389 e. The molecule has 1 unspecified atom stereocenters. The highest BCUT2D eigenvalue weighted by Crippen LogP contribution is 2.08. The van der Waals surface area contributed by atoms with E-state index in [2.05, 4.69) is 12.2 Å². The van der Waals surface area contributed by atoms with Gasteiger partial charge in [0, 0.05) is 19.7 Å². The number of nitrogens with one attached hydrogen (secondary N) is 1. The first-order valence-electron chi connectivity index (χ1n) is 7.54. The quantitative estimate of drug-likeness (QED) is 0.617. The maximum atomic E-state index is 13.0. The van der Waals surface area contributed by atoms with E-state index in [1.807, 2.05) is 0 Å². The van der Waals surface area contributed by atoms with E-state index in [-0.39, 0.29) is 6.61 Å². The molecule has 1 atom stereocenters. The van der Waals surface area contributed by atoms with Crippen LogP contribution in [0.15, 0.2) is 18.2 Å². The number of rotatable bonds is 11. The van der Waals surface area contributed by atoms with Gasteiger partial charge in [-0.25, -0.2) is 8.78 Å². The summed E-state index contributed by atoms with van der Waals surface area (Å²) < 4.78 is 31.1. The predicted molar refractivity (Wildman–Crippen MR) is 79.0 cm³/mol. The molecule has 0 aliphatic heterocycles. The molecule has 1 rings (SSSR count). The van der Waals surface area contributed by atoms with Gasteiger partial charge in [-0.1, -0.05) is 32.3 Å². The molecule has 3 nitrogen and oxygen atoms in total. The van der Waals surface area contributed by atoms with Gasteiger partial charge in [0.1, 0.15) is 0 Å². The summed E-state index contributed by atoms with van der Waals surface area (Å²) in [6, 6.07) is 3.77. The molecule has 0 heterocycles. The zero-order valence-corrected chi connectivity index (χ0v) is 12.6. The van der Waals surface area contributed by atoms with E-state index in [0.717, 1.165) is 25.0 Å². The second-order valence-electron chi connectivity index (χ2n) is 5.17. The molecule has 2 N–H and O–H groups in total. The van der Waals surface area contributed by atoms with Gasteiger partial charge in [0.15, 0.2) is 11.6 Å². The average Bonchev–Trinajstić information content (AvgIpc) is 2.46. The van der Waals surface area contributed by atoms with Crippen molar-refractivity contribution in [1.82, 2.24) is 5.32 Å². The van der Waals surface area contributed by atoms with Crippen LogP contribution in [0, 0.1) is 11.6 Å². The molecule has 0 aliphatic rings. The Balaban J connectivity index is 2.07. The molecule has 5 heteroatoms. The molecule has 0 bridgehead atoms. The van der Waals surface area contributed by atoms with Crippen LogP contribution in [0.4, 0.5) is 8.78 Å². The van der Waals surface area contributed by atoms with Crippen molar-refractivity contribution in [2.75, 3.05) is 19.8 Å². The molecule has 0 aliphatic carbocycles. The van der Waals surface area contributed by atoms with Crippen molar-refractivity contribution in [3.63, 3.8) is 0 Å². The fraction of sp³-hybridized carbons (Fsp3) is 0.625. The Hall–Kier alpha value is -1.04. The predicted octanol–water partition coefficient (Wildman–Crippen LogP) is 3.01. The summed E-state index contributed by atoms with van der Waals surface area (Å²) in [7, 11) is 0. The van der Waals surface area contributed by atoms with Crippen LogP contribution in [-0.2, 0) is 11.3 Å². The molecule has 0 spiro atoms. The Labute approximate surface area is 125 Å². The zero-order chi connectivity index (χ0) is 15.5. The highest BCUT2D eigenvalue weighted by molar-refractivity contribution is 5.17. The molecule has 0 radical (unpaired) electrons. The number of hydrogen-bond acceptors (Lipinski definition) is 3. The summed E-state index contributed by atoms with van der Waals surface area (Å²) in [6.45, 7) is 3.85. The highest BCUT2D eigenvalue weighted by atomic mass is 19.2. The third kappa shape index (κ3) is 8.09. The number of benzene rings is 1. The first-order chi connectivity index (χ1) is 10.1. The fourth-order valence-electron chi connectivity index (χ4n) is 1.94. The fourth-order valence-corrected chi connectivity index (χ4v) is 1.94. The molecule has 0 saturated carbocycles. The minimum atomic E-state index is -0.856. The molecular weight excluding hydrogens is 276 g/mol. The summed E-state index contributed by atoms with van der Waals surface area (Å²) in [6.07, 6.45) is 3.98. The smallest absolute Gasteiger partial charge is 0.159 e. The molecule has 1 aromatic carbocycles. The van der Waals surface area contributed by atoms with Crippen LogP contribution in [0.3, 0.4) is 0 Å². The number of halogens is 2. The van der Waals surface area contributed by atoms with Gasteiger partial charge in [-0.15, -0.1) is 0 Å². The first-order valence-corrected chi connectivity index (χ1v) is 7.54. The van der Waals surface area contributed by atoms with Gasteiger partial charge in [-0.2, -0.15) is 0 Å². The second-order valence-corrected chi connectivity index (χ2v) is 5.17. The molecule has 0 amide bonds. The summed E-state index contributed by atoms with van der Waals surface area (Å²) in [5.74, 6) is -1.71. The van der Waals surface area contributed by atoms with Crippen LogP contribution < -0.4 is 5.32 Å². The Kier molecular flexibility index (Phi) is 9.14. The van der Waals surface area contributed by atoms with E-state index in [1.165, 1.54) is 18.9 Å². The number of unbranched alkanes of at least 4 members (excludes halogenated alkanes) is 3. The Morgan fingerprint density at radius 1 is 1.19 bits per heavy atom. The zero-order valence-electron chi connectivity index (χ0n) is 12.6. The lowest BCUT2D eigenvalue weighted by molar-refractivity contribution is 0.0353. The normalized spacial score (nSPS) is 12.6. The summed E-state index contributed by atoms with van der Waals surface area (Å²) in [5, 5.41) is 12.7. The van der Waals surface area contributed by atoms with Gasteiger partial charge in [-0.05, 0) is 24.1 Å². The monoisotopic (exact) mass is 301 g/mol. The highest BCUT2D eigenvalue weighted by Gasteiger charge is 2.05. The lowest BCUT2D eigenvalue weighted by atomic mass is 10.2. The van der Waals surface area contributed by atoms with Crippen molar-refractivity contribution in [2.45, 2.75) is 45.3 Å². The van der Waals surface area contributed by atoms with Crippen LogP contribution in [0.5, 0.6) is 0 Å². The van der Waals surface area contributed by atoms with E-state index in [4.69, 9.17) is 4.74 Å². The van der Waals surface area contributed by atoms with Crippen LogP contribution in [0.2, 0.25) is 0 Å². The number of aliphatic hydroxyl groups is 1. The van der Waals surface area contributed by atoms with Gasteiger partial charge in [0.25, 0.3) is 0 Å². The lowest BCUT2D eigenvalue weighted by Crippen LogP contribution is -2.30. The van der Waals surface area contributed by atoms with E-state index in [0.29, 0.717) is 25.3 Å². The SMILES string of the molecule is CCCCCCOCC(O)CNCc1ccc(F)c(F)c1. The maximum Gasteiger partial charge on any atom is 0.159 e. The third-order valence-electron chi connectivity index (χ3n) is 3.15. The Morgan fingerprint density at radius 2 is 2.00 bits per heavy atom. The Morgan fingerprint density at radius 3 is 2.71 bits per heavy atom. The number of ether oxygens (including phenoxy) is 1. The van der Waals surface area contributed by atoms with E-state index in [1.54, 1.807) is 0 Å². The van der Waals surface area contributed by atoms with Crippen LogP contribution in [0.1, 0.15) is 38.2 Å². The number of hydrogen-bond donors (Lipinski definition) is 2. The van der Waals surface area contributed by atoms with Crippen molar-refractivity contribution in [3.05, 3.63) is 35.4 Å². The molecule has 120 valence electrons. The van der Waals surface area contributed by atoms with Crippen molar-refractivity contribution < 1.29 is 18.6 Å². The first kappa shape index (κ1) is 18.0. The summed E-state index contributed by atoms with van der Waals surface area (Å²) >= 11 is 0. The molecular formula is C16H25F2NO2. The third-order valence-corrected chi connectivity index (χ3v) is 3.15. The van der Waals surface area contributed by atoms with Crippen molar-refractivity contribution in [3.8, 4) is 0 Å². The topological polar surface area (TPSA) is 41.5 Å².